The van der Waals surface area contributed by atoms with E-state index < -0.39 is 12.0 Å². The Balaban J connectivity index is 2.87. The van der Waals surface area contributed by atoms with Gasteiger partial charge in [0.1, 0.15) is 11.8 Å². The highest BCUT2D eigenvalue weighted by Crippen LogP contribution is 2.31. The molecule has 1 aliphatic rings. The summed E-state index contributed by atoms with van der Waals surface area (Å²) in [5.74, 6) is 0.212. The second-order valence-electron chi connectivity index (χ2n) is 5.87. The Bertz CT molecular complexity index is 496. The lowest BCUT2D eigenvalue weighted by Gasteiger charge is -2.24. The SMILES string of the molecule is COC(=O)[C@@H](CC(C)C)NC(=O)C1=CC(Cl)=C(OC)C(C)C1. The van der Waals surface area contributed by atoms with Crippen molar-refractivity contribution in [2.75, 3.05) is 14.2 Å². The number of hydrogen-bond donors (Lipinski definition) is 1. The van der Waals surface area contributed by atoms with Gasteiger partial charge in [-0.05, 0) is 24.8 Å². The highest BCUT2D eigenvalue weighted by Gasteiger charge is 2.28. The lowest BCUT2D eigenvalue weighted by atomic mass is 9.93. The van der Waals surface area contributed by atoms with E-state index in [1.807, 2.05) is 20.8 Å². The second kappa shape index (κ2) is 8.22. The predicted octanol–water partition coefficient (Wildman–Crippen LogP) is 2.75. The molecule has 0 fully saturated rings. The summed E-state index contributed by atoms with van der Waals surface area (Å²) in [5.41, 5.74) is 0.538. The van der Waals surface area contributed by atoms with Gasteiger partial charge in [0.05, 0.1) is 19.3 Å². The van der Waals surface area contributed by atoms with E-state index in [4.69, 9.17) is 21.1 Å². The maximum Gasteiger partial charge on any atom is 0.328 e. The van der Waals surface area contributed by atoms with Crippen molar-refractivity contribution in [1.82, 2.24) is 5.32 Å². The van der Waals surface area contributed by atoms with Crippen LogP contribution in [0.4, 0.5) is 0 Å². The first kappa shape index (κ1) is 18.6. The van der Waals surface area contributed by atoms with Gasteiger partial charge in [0.25, 0.3) is 0 Å². The second-order valence-corrected chi connectivity index (χ2v) is 6.28. The van der Waals surface area contributed by atoms with Crippen molar-refractivity contribution in [2.24, 2.45) is 11.8 Å². The maximum atomic E-state index is 12.4. The number of ether oxygens (including phenoxy) is 2. The first-order chi connectivity index (χ1) is 10.3. The minimum atomic E-state index is -0.653. The van der Waals surface area contributed by atoms with Gasteiger partial charge < -0.3 is 14.8 Å². The lowest BCUT2D eigenvalue weighted by molar-refractivity contribution is -0.145. The summed E-state index contributed by atoms with van der Waals surface area (Å²) in [7, 11) is 2.87. The summed E-state index contributed by atoms with van der Waals surface area (Å²) in [6.07, 6.45) is 2.63. The third-order valence-corrected chi connectivity index (χ3v) is 3.82. The zero-order valence-corrected chi connectivity index (χ0v) is 14.5. The number of methoxy groups -OCH3 is 2. The molecule has 0 aromatic heterocycles. The minimum Gasteiger partial charge on any atom is -0.499 e. The molecule has 124 valence electrons. The first-order valence-electron chi connectivity index (χ1n) is 7.33. The summed E-state index contributed by atoms with van der Waals surface area (Å²) in [5, 5.41) is 3.16. The summed E-state index contributed by atoms with van der Waals surface area (Å²) in [6, 6.07) is -0.653. The van der Waals surface area contributed by atoms with Gasteiger partial charge in [-0.15, -0.1) is 0 Å². The summed E-state index contributed by atoms with van der Waals surface area (Å²) >= 11 is 6.13. The molecule has 6 heteroatoms. The van der Waals surface area contributed by atoms with E-state index in [9.17, 15) is 9.59 Å². The molecule has 2 atom stereocenters. The van der Waals surface area contributed by atoms with Gasteiger partial charge in [-0.1, -0.05) is 32.4 Å². The highest BCUT2D eigenvalue weighted by molar-refractivity contribution is 6.32. The Morgan fingerprint density at radius 3 is 2.50 bits per heavy atom. The van der Waals surface area contributed by atoms with E-state index in [1.165, 1.54) is 7.11 Å². The minimum absolute atomic E-state index is 0.0184. The molecule has 1 rings (SSSR count). The number of amides is 1. The predicted molar refractivity (Wildman–Crippen MR) is 85.2 cm³/mol. The Hall–Kier alpha value is -1.49. The molecule has 22 heavy (non-hydrogen) atoms. The van der Waals surface area contributed by atoms with Gasteiger partial charge in [-0.2, -0.15) is 0 Å². The number of rotatable bonds is 6. The van der Waals surface area contributed by atoms with Crippen LogP contribution in [0.15, 0.2) is 22.4 Å². The molecule has 0 aliphatic heterocycles. The fraction of sp³-hybridized carbons (Fsp3) is 0.625. The summed E-state index contributed by atoms with van der Waals surface area (Å²) in [4.78, 5) is 24.2. The summed E-state index contributed by atoms with van der Waals surface area (Å²) < 4.78 is 9.98. The van der Waals surface area contributed by atoms with Crippen LogP contribution in [-0.2, 0) is 19.1 Å². The van der Waals surface area contributed by atoms with Crippen molar-refractivity contribution < 1.29 is 19.1 Å². The van der Waals surface area contributed by atoms with Crippen LogP contribution >= 0.6 is 11.6 Å². The van der Waals surface area contributed by atoms with Crippen LogP contribution in [0.3, 0.4) is 0 Å². The lowest BCUT2D eigenvalue weighted by Crippen LogP contribution is -2.43. The third-order valence-electron chi connectivity index (χ3n) is 3.52. The van der Waals surface area contributed by atoms with Crippen LogP contribution in [0.1, 0.15) is 33.6 Å². The zero-order chi connectivity index (χ0) is 16.9. The van der Waals surface area contributed by atoms with Crippen LogP contribution in [-0.4, -0.2) is 32.1 Å². The number of carbonyl (C=O) groups is 2. The molecule has 1 unspecified atom stereocenters. The van der Waals surface area contributed by atoms with Crippen LogP contribution in [0.25, 0.3) is 0 Å². The third kappa shape index (κ3) is 4.77. The monoisotopic (exact) mass is 329 g/mol. The van der Waals surface area contributed by atoms with Gasteiger partial charge >= 0.3 is 5.97 Å². The molecular weight excluding hydrogens is 306 g/mol. The molecule has 0 aromatic rings. The number of allylic oxidation sites excluding steroid dienone is 3. The van der Waals surface area contributed by atoms with E-state index in [2.05, 4.69) is 5.32 Å². The van der Waals surface area contributed by atoms with Crippen molar-refractivity contribution in [3.05, 3.63) is 22.4 Å². The van der Waals surface area contributed by atoms with E-state index in [0.29, 0.717) is 29.2 Å². The van der Waals surface area contributed by atoms with Crippen molar-refractivity contribution in [3.63, 3.8) is 0 Å². The van der Waals surface area contributed by atoms with Gasteiger partial charge in [-0.3, -0.25) is 4.79 Å². The largest absolute Gasteiger partial charge is 0.499 e. The average Bonchev–Trinajstić information content (AvgIpc) is 2.44. The molecule has 0 saturated carbocycles. The van der Waals surface area contributed by atoms with Gasteiger partial charge in [0, 0.05) is 11.5 Å². The Morgan fingerprint density at radius 1 is 1.41 bits per heavy atom. The molecule has 0 spiro atoms. The van der Waals surface area contributed by atoms with Crippen molar-refractivity contribution in [3.8, 4) is 0 Å². The van der Waals surface area contributed by atoms with Crippen molar-refractivity contribution in [2.45, 2.75) is 39.7 Å². The van der Waals surface area contributed by atoms with Crippen LogP contribution in [0, 0.1) is 11.8 Å². The van der Waals surface area contributed by atoms with E-state index in [0.717, 1.165) is 0 Å². The van der Waals surface area contributed by atoms with Crippen LogP contribution in [0.2, 0.25) is 0 Å². The molecule has 0 bridgehead atoms. The topological polar surface area (TPSA) is 64.6 Å². The molecule has 1 aliphatic carbocycles. The molecule has 1 amide bonds. The van der Waals surface area contributed by atoms with E-state index >= 15 is 0 Å². The maximum absolute atomic E-state index is 12.4. The molecule has 0 heterocycles. The summed E-state index contributed by atoms with van der Waals surface area (Å²) in [6.45, 7) is 5.90. The normalized spacial score (nSPS) is 19.6. The number of nitrogens with one attached hydrogen (secondary N) is 1. The Kier molecular flexibility index (Phi) is 6.94. The standard InChI is InChI=1S/C16H24ClNO4/c1-9(2)6-13(16(20)22-5)18-15(19)11-7-10(3)14(21-4)12(17)8-11/h8-10,13H,6-7H2,1-5H3,(H,18,19)/t10?,13-/m1/s1. The quantitative estimate of drug-likeness (QED) is 0.761. The number of esters is 1. The van der Waals surface area contributed by atoms with Gasteiger partial charge in [0.2, 0.25) is 5.91 Å². The molecule has 5 nitrogen and oxygen atoms in total. The van der Waals surface area contributed by atoms with Gasteiger partial charge in [0.15, 0.2) is 0 Å². The fourth-order valence-electron chi connectivity index (χ4n) is 2.48. The molecular formula is C16H24ClNO4. The van der Waals surface area contributed by atoms with Crippen molar-refractivity contribution >= 4 is 23.5 Å². The highest BCUT2D eigenvalue weighted by atomic mass is 35.5. The molecule has 1 N–H and O–H groups in total. The Morgan fingerprint density at radius 2 is 2.05 bits per heavy atom. The molecule has 0 aromatic carbocycles. The number of hydrogen-bond acceptors (Lipinski definition) is 4. The first-order valence-corrected chi connectivity index (χ1v) is 7.70. The van der Waals surface area contributed by atoms with Crippen LogP contribution in [0.5, 0.6) is 0 Å². The zero-order valence-electron chi connectivity index (χ0n) is 13.7. The number of halogens is 1. The number of carbonyl (C=O) groups excluding carboxylic acids is 2. The Labute approximate surface area is 136 Å². The van der Waals surface area contributed by atoms with Gasteiger partial charge in [-0.25, -0.2) is 4.79 Å². The fourth-order valence-corrected chi connectivity index (χ4v) is 2.87. The molecule has 0 saturated heterocycles. The smallest absolute Gasteiger partial charge is 0.328 e. The van der Waals surface area contributed by atoms with Crippen LogP contribution < -0.4 is 5.32 Å². The van der Waals surface area contributed by atoms with E-state index in [-0.39, 0.29) is 17.7 Å². The molecule has 0 radical (unpaired) electrons. The average molecular weight is 330 g/mol. The van der Waals surface area contributed by atoms with Crippen molar-refractivity contribution in [1.29, 1.82) is 0 Å². The van der Waals surface area contributed by atoms with E-state index in [1.54, 1.807) is 13.2 Å².